The molecule has 2 aromatic rings. The van der Waals surface area contributed by atoms with Crippen molar-refractivity contribution >= 4 is 29.0 Å². The van der Waals surface area contributed by atoms with Crippen molar-refractivity contribution in [1.82, 2.24) is 9.88 Å². The van der Waals surface area contributed by atoms with E-state index in [0.717, 1.165) is 42.6 Å². The third-order valence-electron chi connectivity index (χ3n) is 4.17. The quantitative estimate of drug-likeness (QED) is 0.781. The van der Waals surface area contributed by atoms with Crippen molar-refractivity contribution < 1.29 is 13.9 Å². The van der Waals surface area contributed by atoms with E-state index >= 15 is 0 Å². The molecule has 0 aromatic carbocycles. The van der Waals surface area contributed by atoms with Crippen LogP contribution in [0.3, 0.4) is 0 Å². The highest BCUT2D eigenvalue weighted by atomic mass is 32.2. The van der Waals surface area contributed by atoms with Crippen LogP contribution in [0.15, 0.2) is 39.1 Å². The lowest BCUT2D eigenvalue weighted by atomic mass is 10.2. The number of nitrogens with one attached hydrogen (secondary N) is 1. The van der Waals surface area contributed by atoms with Gasteiger partial charge in [-0.15, -0.1) is 0 Å². The van der Waals surface area contributed by atoms with Gasteiger partial charge in [-0.25, -0.2) is 4.98 Å². The molecule has 9 heteroatoms. The van der Waals surface area contributed by atoms with Crippen molar-refractivity contribution in [2.75, 3.05) is 57.1 Å². The molecule has 1 aliphatic heterocycles. The Labute approximate surface area is 156 Å². The largest absolute Gasteiger partial charge is 0.494 e. The number of carbonyl (C=O) groups is 1. The average Bonchev–Trinajstić information content (AvgIpc) is 3.09. The summed E-state index contributed by atoms with van der Waals surface area (Å²) in [6.45, 7) is 3.82. The van der Waals surface area contributed by atoms with Crippen molar-refractivity contribution in [2.24, 2.45) is 5.73 Å². The van der Waals surface area contributed by atoms with Crippen LogP contribution in [0.5, 0.6) is 5.75 Å². The third kappa shape index (κ3) is 4.29. The van der Waals surface area contributed by atoms with Gasteiger partial charge < -0.3 is 30.0 Å². The van der Waals surface area contributed by atoms with E-state index in [4.69, 9.17) is 14.9 Å². The molecule has 140 valence electrons. The molecule has 1 aliphatic rings. The molecule has 0 aliphatic carbocycles. The third-order valence-corrected chi connectivity index (χ3v) is 5.11. The lowest BCUT2D eigenvalue weighted by molar-refractivity contribution is -0.114. The van der Waals surface area contributed by atoms with Gasteiger partial charge in [0.1, 0.15) is 10.8 Å². The fourth-order valence-electron chi connectivity index (χ4n) is 2.68. The van der Waals surface area contributed by atoms with Crippen LogP contribution in [-0.2, 0) is 4.79 Å². The zero-order chi connectivity index (χ0) is 18.5. The lowest BCUT2D eigenvalue weighted by Crippen LogP contribution is -2.44. The molecule has 26 heavy (non-hydrogen) atoms. The first kappa shape index (κ1) is 18.6. The Kier molecular flexibility index (Phi) is 6.02. The van der Waals surface area contributed by atoms with E-state index in [1.807, 2.05) is 12.3 Å². The van der Waals surface area contributed by atoms with Crippen molar-refractivity contribution in [3.8, 4) is 5.75 Å². The monoisotopic (exact) mass is 377 g/mol. The number of likely N-dealkylation sites (N-methyl/N-ethyl adjacent to an activating group) is 1. The Morgan fingerprint density at radius 2 is 2.19 bits per heavy atom. The molecule has 3 rings (SSSR count). The van der Waals surface area contributed by atoms with Crippen LogP contribution in [0.25, 0.3) is 0 Å². The molecule has 1 amide bonds. The van der Waals surface area contributed by atoms with Crippen LogP contribution >= 0.6 is 11.8 Å². The van der Waals surface area contributed by atoms with E-state index in [9.17, 15) is 4.79 Å². The van der Waals surface area contributed by atoms with Gasteiger partial charge in [-0.1, -0.05) is 0 Å². The van der Waals surface area contributed by atoms with Gasteiger partial charge in [0, 0.05) is 38.3 Å². The highest BCUT2D eigenvalue weighted by Gasteiger charge is 2.19. The van der Waals surface area contributed by atoms with Gasteiger partial charge in [-0.05, 0) is 18.8 Å². The first-order chi connectivity index (χ1) is 12.6. The molecule has 1 saturated heterocycles. The van der Waals surface area contributed by atoms with Crippen LogP contribution in [-0.4, -0.2) is 62.7 Å². The predicted molar refractivity (Wildman–Crippen MR) is 101 cm³/mol. The van der Waals surface area contributed by atoms with Crippen LogP contribution in [0.2, 0.25) is 0 Å². The summed E-state index contributed by atoms with van der Waals surface area (Å²) in [7, 11) is 3.78. The van der Waals surface area contributed by atoms with Crippen LogP contribution < -0.4 is 20.7 Å². The number of hydrogen-bond donors (Lipinski definition) is 2. The summed E-state index contributed by atoms with van der Waals surface area (Å²) in [4.78, 5) is 20.6. The molecule has 0 bridgehead atoms. The molecule has 3 heterocycles. The van der Waals surface area contributed by atoms with E-state index < -0.39 is 0 Å². The number of furan rings is 1. The number of methoxy groups -OCH3 is 1. The average molecular weight is 377 g/mol. The SMILES string of the molecule is COc1cc(Sc2occc2NC(=O)CN)ncc1N1CCN(C)CC1. The van der Waals surface area contributed by atoms with E-state index in [2.05, 4.69) is 27.1 Å². The number of ether oxygens (including phenoxy) is 1. The summed E-state index contributed by atoms with van der Waals surface area (Å²) in [6.07, 6.45) is 3.35. The van der Waals surface area contributed by atoms with Crippen LogP contribution in [0.4, 0.5) is 11.4 Å². The van der Waals surface area contributed by atoms with Crippen molar-refractivity contribution in [2.45, 2.75) is 10.1 Å². The number of rotatable bonds is 6. The number of anilines is 2. The molecule has 0 spiro atoms. The second kappa shape index (κ2) is 8.43. The van der Waals surface area contributed by atoms with Gasteiger partial charge in [0.05, 0.1) is 37.5 Å². The number of pyridine rings is 1. The smallest absolute Gasteiger partial charge is 0.238 e. The number of aromatic nitrogens is 1. The Morgan fingerprint density at radius 3 is 2.88 bits per heavy atom. The van der Waals surface area contributed by atoms with Gasteiger partial charge in [-0.2, -0.15) is 0 Å². The van der Waals surface area contributed by atoms with Crippen molar-refractivity contribution in [3.05, 3.63) is 24.6 Å². The molecular formula is C17H23N5O3S. The number of hydrogen-bond acceptors (Lipinski definition) is 8. The Balaban J connectivity index is 1.76. The summed E-state index contributed by atoms with van der Waals surface area (Å²) in [6, 6.07) is 3.57. The zero-order valence-corrected chi connectivity index (χ0v) is 15.7. The number of nitrogens with two attached hydrogens (primary N) is 1. The Morgan fingerprint density at radius 1 is 1.42 bits per heavy atom. The molecular weight excluding hydrogens is 354 g/mol. The number of amides is 1. The normalized spacial score (nSPS) is 15.1. The molecule has 0 atom stereocenters. The zero-order valence-electron chi connectivity index (χ0n) is 14.9. The summed E-state index contributed by atoms with van der Waals surface area (Å²) in [5.41, 5.74) is 6.90. The van der Waals surface area contributed by atoms with Crippen LogP contribution in [0, 0.1) is 0 Å². The van der Waals surface area contributed by atoms with E-state index in [0.29, 0.717) is 10.8 Å². The second-order valence-corrected chi connectivity index (χ2v) is 6.95. The molecule has 3 N–H and O–H groups in total. The number of piperazine rings is 1. The maximum absolute atomic E-state index is 11.5. The predicted octanol–water partition coefficient (Wildman–Crippen LogP) is 1.48. The summed E-state index contributed by atoms with van der Waals surface area (Å²) < 4.78 is 11.0. The fourth-order valence-corrected chi connectivity index (χ4v) is 3.47. The van der Waals surface area contributed by atoms with Gasteiger partial charge in [0.25, 0.3) is 0 Å². The minimum Gasteiger partial charge on any atom is -0.494 e. The second-order valence-electron chi connectivity index (χ2n) is 5.96. The topological polar surface area (TPSA) is 96.9 Å². The maximum Gasteiger partial charge on any atom is 0.238 e. The van der Waals surface area contributed by atoms with Crippen LogP contribution in [0.1, 0.15) is 0 Å². The fraction of sp³-hybridized carbons (Fsp3) is 0.412. The van der Waals surface area contributed by atoms with Gasteiger partial charge in [0.2, 0.25) is 5.91 Å². The molecule has 2 aromatic heterocycles. The summed E-state index contributed by atoms with van der Waals surface area (Å²) in [5, 5.41) is 3.98. The highest BCUT2D eigenvalue weighted by Crippen LogP contribution is 2.37. The van der Waals surface area contributed by atoms with Gasteiger partial charge in [-0.3, -0.25) is 4.79 Å². The molecule has 1 fully saturated rings. The molecule has 0 saturated carbocycles. The maximum atomic E-state index is 11.5. The first-order valence-electron chi connectivity index (χ1n) is 8.33. The van der Waals surface area contributed by atoms with E-state index in [1.165, 1.54) is 18.0 Å². The van der Waals surface area contributed by atoms with Gasteiger partial charge in [0.15, 0.2) is 5.09 Å². The Bertz CT molecular complexity index is 759. The van der Waals surface area contributed by atoms with E-state index in [-0.39, 0.29) is 12.5 Å². The minimum absolute atomic E-state index is 0.0823. The molecule has 0 radical (unpaired) electrons. The van der Waals surface area contributed by atoms with Crippen molar-refractivity contribution in [3.63, 3.8) is 0 Å². The molecule has 8 nitrogen and oxygen atoms in total. The minimum atomic E-state index is -0.274. The number of carbonyl (C=O) groups excluding carboxylic acids is 1. The summed E-state index contributed by atoms with van der Waals surface area (Å²) >= 11 is 1.32. The number of nitrogens with zero attached hydrogens (tertiary/aromatic N) is 3. The van der Waals surface area contributed by atoms with Crippen molar-refractivity contribution in [1.29, 1.82) is 0 Å². The van der Waals surface area contributed by atoms with Gasteiger partial charge >= 0.3 is 0 Å². The molecule has 0 unspecified atom stereocenters. The highest BCUT2D eigenvalue weighted by molar-refractivity contribution is 7.99. The standard InChI is InChI=1S/C17H23N5O3S/c1-21-4-6-22(7-5-21)13-11-19-16(9-14(13)24-2)26-17-12(3-8-25-17)20-15(23)10-18/h3,8-9,11H,4-7,10,18H2,1-2H3,(H,20,23). The lowest BCUT2D eigenvalue weighted by Gasteiger charge is -2.34. The summed E-state index contributed by atoms with van der Waals surface area (Å²) in [5.74, 6) is 0.496. The Hall–Kier alpha value is -2.23. The first-order valence-corrected chi connectivity index (χ1v) is 9.15. The van der Waals surface area contributed by atoms with E-state index in [1.54, 1.807) is 13.2 Å².